The summed E-state index contributed by atoms with van der Waals surface area (Å²) in [6.07, 6.45) is 1.59. The summed E-state index contributed by atoms with van der Waals surface area (Å²) in [5.41, 5.74) is 2.75. The lowest BCUT2D eigenvalue weighted by Crippen LogP contribution is -2.30. The highest BCUT2D eigenvalue weighted by atomic mass is 32.2. The maximum Gasteiger partial charge on any atom is 0.341 e. The van der Waals surface area contributed by atoms with Crippen molar-refractivity contribution in [3.63, 3.8) is 0 Å². The van der Waals surface area contributed by atoms with Crippen LogP contribution in [-0.2, 0) is 14.3 Å². The molecule has 0 atom stereocenters. The van der Waals surface area contributed by atoms with Crippen molar-refractivity contribution < 1.29 is 28.7 Å². The zero-order valence-electron chi connectivity index (χ0n) is 27.7. The van der Waals surface area contributed by atoms with Crippen LogP contribution in [0.4, 0.5) is 16.4 Å². The number of thioether (sulfide) groups is 1. The van der Waals surface area contributed by atoms with Gasteiger partial charge in [0.2, 0.25) is 5.91 Å². The minimum atomic E-state index is -0.642. The Morgan fingerprint density at radius 1 is 0.745 bits per heavy atom. The highest BCUT2D eigenvalue weighted by molar-refractivity contribution is 8.00. The molecule has 1 aromatic heterocycles. The third kappa shape index (κ3) is 10.0. The standard InChI is InChI=1S/C39H34N4O6S2/c1-3-49-39(48)33-25(2)34(37(47)40-28-18-11-6-12-19-28)51-38(33)43-32(44)24-50-30-21-13-20-29(23-30)41-36(46)31(22-26-14-7-4-8-15-26)42-35(45)27-16-9-5-10-17-27/h4-23H,3,24H2,1-2H3,(H,40,47)(H,41,46)(H,42,45)(H,43,44)/b31-22-. The molecule has 1 heterocycles. The van der Waals surface area contributed by atoms with E-state index in [1.165, 1.54) is 11.8 Å². The van der Waals surface area contributed by atoms with Gasteiger partial charge in [-0.15, -0.1) is 23.1 Å². The first-order valence-corrected chi connectivity index (χ1v) is 17.7. The van der Waals surface area contributed by atoms with E-state index in [1.807, 2.05) is 36.4 Å². The zero-order chi connectivity index (χ0) is 36.2. The van der Waals surface area contributed by atoms with E-state index in [0.717, 1.165) is 16.9 Å². The lowest BCUT2D eigenvalue weighted by atomic mass is 10.1. The van der Waals surface area contributed by atoms with Gasteiger partial charge in [-0.1, -0.05) is 72.8 Å². The van der Waals surface area contributed by atoms with Gasteiger partial charge in [0.25, 0.3) is 17.7 Å². The highest BCUT2D eigenvalue weighted by Crippen LogP contribution is 2.35. The van der Waals surface area contributed by atoms with Crippen molar-refractivity contribution in [2.45, 2.75) is 18.7 Å². The average Bonchev–Trinajstić information content (AvgIpc) is 3.47. The van der Waals surface area contributed by atoms with Crippen molar-refractivity contribution in [2.24, 2.45) is 0 Å². The summed E-state index contributed by atoms with van der Waals surface area (Å²) in [4.78, 5) is 66.5. The number of amides is 4. The molecule has 0 radical (unpaired) electrons. The Kier molecular flexibility index (Phi) is 12.5. The number of hydrogen-bond donors (Lipinski definition) is 4. The molecule has 5 rings (SSSR count). The number of anilines is 3. The molecule has 0 aliphatic rings. The first-order valence-electron chi connectivity index (χ1n) is 15.9. The molecule has 12 heteroatoms. The van der Waals surface area contributed by atoms with Crippen LogP contribution in [0.15, 0.2) is 126 Å². The Morgan fingerprint density at radius 2 is 1.39 bits per heavy atom. The largest absolute Gasteiger partial charge is 0.462 e. The number of hydrogen-bond acceptors (Lipinski definition) is 8. The number of carbonyl (C=O) groups is 5. The number of para-hydroxylation sites is 1. The number of benzene rings is 4. The van der Waals surface area contributed by atoms with Gasteiger partial charge in [0.15, 0.2) is 0 Å². The molecule has 0 aliphatic heterocycles. The average molecular weight is 719 g/mol. The Balaban J connectivity index is 1.26. The molecule has 4 N–H and O–H groups in total. The van der Waals surface area contributed by atoms with Crippen LogP contribution in [0.2, 0.25) is 0 Å². The van der Waals surface area contributed by atoms with Crippen LogP contribution >= 0.6 is 23.1 Å². The number of ether oxygens (including phenoxy) is 1. The van der Waals surface area contributed by atoms with Crippen LogP contribution in [0.25, 0.3) is 6.08 Å². The predicted octanol–water partition coefficient (Wildman–Crippen LogP) is 7.63. The second-order valence-electron chi connectivity index (χ2n) is 10.9. The lowest BCUT2D eigenvalue weighted by molar-refractivity contribution is -0.114. The Bertz CT molecular complexity index is 2070. The van der Waals surface area contributed by atoms with Crippen molar-refractivity contribution in [3.8, 4) is 0 Å². The summed E-state index contributed by atoms with van der Waals surface area (Å²) < 4.78 is 5.23. The van der Waals surface area contributed by atoms with E-state index >= 15 is 0 Å². The van der Waals surface area contributed by atoms with Crippen LogP contribution in [-0.4, -0.2) is 42.0 Å². The molecule has 4 amide bonds. The fourth-order valence-electron chi connectivity index (χ4n) is 4.81. The van der Waals surface area contributed by atoms with Crippen LogP contribution < -0.4 is 21.3 Å². The van der Waals surface area contributed by atoms with E-state index < -0.39 is 29.6 Å². The van der Waals surface area contributed by atoms with Gasteiger partial charge in [0.1, 0.15) is 10.7 Å². The topological polar surface area (TPSA) is 143 Å². The summed E-state index contributed by atoms with van der Waals surface area (Å²) in [7, 11) is 0. The zero-order valence-corrected chi connectivity index (χ0v) is 29.4. The SMILES string of the molecule is CCOC(=O)c1c(NC(=O)CSc2cccc(NC(=O)/C(=C/c3ccccc3)NC(=O)c3ccccc3)c2)sc(C(=O)Nc2ccccc2)c1C. The number of carbonyl (C=O) groups excluding carboxylic acids is 5. The van der Waals surface area contributed by atoms with Gasteiger partial charge in [-0.05, 0) is 73.5 Å². The normalized spacial score (nSPS) is 10.9. The lowest BCUT2D eigenvalue weighted by Gasteiger charge is -2.12. The molecule has 0 unspecified atom stereocenters. The molecule has 0 saturated carbocycles. The molecule has 0 spiro atoms. The Morgan fingerprint density at radius 3 is 2.08 bits per heavy atom. The molecule has 51 heavy (non-hydrogen) atoms. The van der Waals surface area contributed by atoms with E-state index in [0.29, 0.717) is 27.4 Å². The second kappa shape index (κ2) is 17.6. The van der Waals surface area contributed by atoms with Crippen LogP contribution in [0.1, 0.15) is 48.4 Å². The molecular weight excluding hydrogens is 685 g/mol. The van der Waals surface area contributed by atoms with Crippen LogP contribution in [0.5, 0.6) is 0 Å². The second-order valence-corrected chi connectivity index (χ2v) is 13.0. The maximum atomic E-state index is 13.4. The smallest absolute Gasteiger partial charge is 0.341 e. The molecule has 4 aromatic carbocycles. The van der Waals surface area contributed by atoms with E-state index in [-0.39, 0.29) is 33.5 Å². The van der Waals surface area contributed by atoms with Crippen molar-refractivity contribution in [2.75, 3.05) is 28.3 Å². The Labute approximate surface area is 303 Å². The molecule has 0 aliphatic carbocycles. The summed E-state index contributed by atoms with van der Waals surface area (Å²) in [5, 5.41) is 11.4. The Hall–Kier alpha value is -5.98. The van der Waals surface area contributed by atoms with E-state index in [9.17, 15) is 24.0 Å². The molecule has 10 nitrogen and oxygen atoms in total. The number of esters is 1. The summed E-state index contributed by atoms with van der Waals surface area (Å²) in [5.74, 6) is -2.46. The number of thiophene rings is 1. The van der Waals surface area contributed by atoms with Crippen molar-refractivity contribution in [3.05, 3.63) is 148 Å². The van der Waals surface area contributed by atoms with Gasteiger partial charge in [-0.25, -0.2) is 4.79 Å². The van der Waals surface area contributed by atoms with Gasteiger partial charge in [-0.3, -0.25) is 19.2 Å². The monoisotopic (exact) mass is 718 g/mol. The fraction of sp³-hybridized carbons (Fsp3) is 0.103. The van der Waals surface area contributed by atoms with Gasteiger partial charge in [0.05, 0.1) is 22.8 Å². The molecule has 5 aromatic rings. The third-order valence-electron chi connectivity index (χ3n) is 7.22. The molecular formula is C39H34N4O6S2. The van der Waals surface area contributed by atoms with Crippen LogP contribution in [0, 0.1) is 6.92 Å². The van der Waals surface area contributed by atoms with E-state index in [1.54, 1.807) is 98.8 Å². The van der Waals surface area contributed by atoms with Gasteiger partial charge in [0, 0.05) is 21.8 Å². The summed E-state index contributed by atoms with van der Waals surface area (Å²) >= 11 is 2.21. The van der Waals surface area contributed by atoms with E-state index in [2.05, 4.69) is 21.3 Å². The van der Waals surface area contributed by atoms with Crippen LogP contribution in [0.3, 0.4) is 0 Å². The first kappa shape index (κ1) is 36.3. The van der Waals surface area contributed by atoms with Crippen molar-refractivity contribution in [1.29, 1.82) is 0 Å². The van der Waals surface area contributed by atoms with Crippen molar-refractivity contribution >= 4 is 75.1 Å². The van der Waals surface area contributed by atoms with Gasteiger partial charge < -0.3 is 26.0 Å². The quantitative estimate of drug-likeness (QED) is 0.0557. The van der Waals surface area contributed by atoms with Gasteiger partial charge in [-0.2, -0.15) is 0 Å². The minimum Gasteiger partial charge on any atom is -0.462 e. The molecule has 0 bridgehead atoms. The summed E-state index contributed by atoms with van der Waals surface area (Å²) in [6.45, 7) is 3.44. The van der Waals surface area contributed by atoms with Gasteiger partial charge >= 0.3 is 5.97 Å². The number of nitrogens with one attached hydrogen (secondary N) is 4. The van der Waals surface area contributed by atoms with E-state index in [4.69, 9.17) is 4.74 Å². The molecule has 0 fully saturated rings. The molecule has 258 valence electrons. The van der Waals surface area contributed by atoms with Crippen molar-refractivity contribution in [1.82, 2.24) is 5.32 Å². The number of rotatable bonds is 13. The fourth-order valence-corrected chi connectivity index (χ4v) is 6.67. The third-order valence-corrected chi connectivity index (χ3v) is 9.42. The first-order chi connectivity index (χ1) is 24.7. The maximum absolute atomic E-state index is 13.4. The highest BCUT2D eigenvalue weighted by Gasteiger charge is 2.27. The predicted molar refractivity (Wildman–Crippen MR) is 202 cm³/mol. The molecule has 0 saturated heterocycles. The minimum absolute atomic E-state index is 0.0333. The summed E-state index contributed by atoms with van der Waals surface area (Å²) in [6, 6.07) is 33.6.